The van der Waals surface area contributed by atoms with Crippen LogP contribution in [0.15, 0.2) is 207 Å². The lowest BCUT2D eigenvalue weighted by atomic mass is 9.80. The second-order valence-electron chi connectivity index (χ2n) is 36.5. The Morgan fingerprint density at radius 2 is 0.766 bits per heavy atom. The molecule has 0 radical (unpaired) electrons. The van der Waals surface area contributed by atoms with Gasteiger partial charge in [0.05, 0.1) is 34.4 Å². The van der Waals surface area contributed by atoms with Crippen LogP contribution in [0.5, 0.6) is 0 Å². The number of imide groups is 4. The zero-order valence-electron chi connectivity index (χ0n) is 83.6. The first-order valence-electron chi connectivity index (χ1n) is 47.8. The molecular weight excluding hydrogens is 1930 g/mol. The molecule has 9 aromatic heterocycles. The maximum Gasteiger partial charge on any atom is 0.253 e. The average molecular weight is 2050 g/mol. The molecule has 12 amide bonds. The Labute approximate surface area is 860 Å². The summed E-state index contributed by atoms with van der Waals surface area (Å²) in [6.07, 6.45) is 19.4. The number of nitrogen functional groups attached to an aromatic ring is 2. The normalized spacial score (nSPS) is 17.9. The summed E-state index contributed by atoms with van der Waals surface area (Å²) in [5.74, 6) is -4.13. The van der Waals surface area contributed by atoms with Gasteiger partial charge in [-0.05, 0) is 223 Å². The highest BCUT2D eigenvalue weighted by molar-refractivity contribution is 7.14. The van der Waals surface area contributed by atoms with Crippen LogP contribution in [-0.4, -0.2) is 216 Å². The van der Waals surface area contributed by atoms with Gasteiger partial charge in [-0.2, -0.15) is 10.2 Å². The van der Waals surface area contributed by atoms with E-state index >= 15 is 0 Å². The van der Waals surface area contributed by atoms with Gasteiger partial charge >= 0.3 is 0 Å². The second kappa shape index (κ2) is 48.1. The van der Waals surface area contributed by atoms with Gasteiger partial charge in [-0.25, -0.2) is 29.9 Å². The summed E-state index contributed by atoms with van der Waals surface area (Å²) in [6.45, 7) is 9.75. The van der Waals surface area contributed by atoms with Gasteiger partial charge in [-0.1, -0.05) is 98.9 Å². The number of imidazole rings is 2. The van der Waals surface area contributed by atoms with Crippen LogP contribution in [0.4, 0.5) is 46.0 Å². The van der Waals surface area contributed by atoms with Crippen molar-refractivity contribution >= 4 is 163 Å². The van der Waals surface area contributed by atoms with Crippen molar-refractivity contribution in [2.75, 3.05) is 84.0 Å². The summed E-state index contributed by atoms with van der Waals surface area (Å²) in [4.78, 5) is 197. The minimum atomic E-state index is -0.951. The lowest BCUT2D eigenvalue weighted by Crippen LogP contribution is -2.69. The van der Waals surface area contributed by atoms with Crippen LogP contribution in [0.2, 0.25) is 15.1 Å². The molecule has 4 aliphatic rings. The molecule has 4 aliphatic heterocycles. The Kier molecular flexibility index (Phi) is 35.7. The topological polar surface area (TPSA) is 430 Å². The molecule has 145 heavy (non-hydrogen) atoms. The zero-order valence-corrected chi connectivity index (χ0v) is 86.7. The number of likely N-dealkylation sites (N-methyl/N-ethyl adjacent to an activating group) is 4. The third kappa shape index (κ3) is 24.9. The molecule has 12 aromatic rings. The van der Waals surface area contributed by atoms with Crippen LogP contribution in [0, 0.1) is 30.6 Å². The average Bonchev–Trinajstić information content (AvgIpc) is 1.06. The smallest absolute Gasteiger partial charge is 0.253 e. The third-order valence-corrected chi connectivity index (χ3v) is 28.6. The fourth-order valence-electron chi connectivity index (χ4n) is 19.0. The fraction of sp³-hybridized carbons (Fsp3) is 0.371. The first kappa shape index (κ1) is 108. The molecule has 4 saturated heterocycles. The SMILES string of the molecule is CC[C@@H](CC(=O)N1C(=O)[C@H](Cc2cc(C)nc(N)c2)[C@H]1C(=O)N(C)c1nccn1C)c1cccc(Cl)c1.CC[C@@H](CC(=O)N1C(=O)[C@H](Cc2ccnc(N)c2)[C@H]1C(=O)N(C)c1ccn(C)n1)c1ccn(C)n1.CC[C@@H](CC(=O)N1C(=O)[C@H](Cc2ccnc(NC)c2)[C@H]1C(=O)N(C)c1cccs1)c1cccc(Cl)c1.CC[C@@H](CC(=O)N1C(=O)[C@H](Cc2ccnc(NC)c2)[C@H]1C(=O)N(C)c1nccn1C)c1cccc(Cl)c1. The molecule has 0 saturated carbocycles. The van der Waals surface area contributed by atoms with E-state index in [-0.39, 0.29) is 133 Å². The van der Waals surface area contributed by atoms with E-state index in [0.717, 1.165) is 70.0 Å². The molecule has 13 heterocycles. The molecule has 16 rings (SSSR count). The van der Waals surface area contributed by atoms with Gasteiger partial charge in [0.15, 0.2) is 5.82 Å². The Morgan fingerprint density at radius 1 is 0.400 bits per heavy atom. The minimum absolute atomic E-state index is 0.0886. The molecule has 0 unspecified atom stereocenters. The number of likely N-dealkylation sites (tertiary alicyclic amines) is 4. The van der Waals surface area contributed by atoms with Crippen molar-refractivity contribution in [2.45, 2.75) is 160 Å². The van der Waals surface area contributed by atoms with Crippen LogP contribution < -0.4 is 41.7 Å². The number of nitrogens with one attached hydrogen (secondary N) is 2. The highest BCUT2D eigenvalue weighted by atomic mass is 35.5. The van der Waals surface area contributed by atoms with Gasteiger partial charge in [0, 0.05) is 185 Å². The van der Waals surface area contributed by atoms with E-state index in [4.69, 9.17) is 46.3 Å². The van der Waals surface area contributed by atoms with E-state index in [1.165, 1.54) is 35.8 Å². The number of hydrogen-bond acceptors (Lipinski definition) is 25. The highest BCUT2D eigenvalue weighted by Gasteiger charge is 2.60. The van der Waals surface area contributed by atoms with Crippen molar-refractivity contribution in [3.8, 4) is 0 Å². The van der Waals surface area contributed by atoms with Gasteiger partial charge in [0.1, 0.15) is 47.4 Å². The minimum Gasteiger partial charge on any atom is -0.384 e. The fourth-order valence-corrected chi connectivity index (χ4v) is 20.3. The quantitative estimate of drug-likeness (QED) is 0.0272. The zero-order chi connectivity index (χ0) is 105. The maximum absolute atomic E-state index is 13.7. The van der Waals surface area contributed by atoms with Gasteiger partial charge in [-0.3, -0.25) is 101 Å². The highest BCUT2D eigenvalue weighted by Crippen LogP contribution is 2.43. The molecule has 40 heteroatoms. The molecule has 3 aromatic carbocycles. The van der Waals surface area contributed by atoms with E-state index in [9.17, 15) is 57.5 Å². The second-order valence-corrected chi connectivity index (χ2v) is 38.8. The summed E-state index contributed by atoms with van der Waals surface area (Å²) in [7, 11) is 17.2. The first-order valence-corrected chi connectivity index (χ1v) is 49.9. The molecule has 0 spiro atoms. The number of anilines is 8. The Balaban J connectivity index is 0.000000162. The number of halogens is 3. The van der Waals surface area contributed by atoms with Crippen molar-refractivity contribution in [1.82, 2.24) is 78.2 Å². The van der Waals surface area contributed by atoms with Gasteiger partial charge in [-0.15, -0.1) is 11.3 Å². The van der Waals surface area contributed by atoms with Crippen LogP contribution in [-0.2, 0) is 111 Å². The van der Waals surface area contributed by atoms with E-state index in [2.05, 4.69) is 50.7 Å². The maximum atomic E-state index is 13.7. The summed E-state index contributed by atoms with van der Waals surface area (Å²) < 4.78 is 6.69. The lowest BCUT2D eigenvalue weighted by Gasteiger charge is -2.46. The van der Waals surface area contributed by atoms with Gasteiger partial charge in [0.25, 0.3) is 23.6 Å². The van der Waals surface area contributed by atoms with E-state index in [0.29, 0.717) is 94.6 Å². The number of hydrogen-bond donors (Lipinski definition) is 4. The predicted molar refractivity (Wildman–Crippen MR) is 557 cm³/mol. The van der Waals surface area contributed by atoms with Crippen molar-refractivity contribution in [2.24, 2.45) is 51.9 Å². The summed E-state index contributed by atoms with van der Waals surface area (Å²) in [6, 6.07) is 40.1. The summed E-state index contributed by atoms with van der Waals surface area (Å²) >= 11 is 19.9. The van der Waals surface area contributed by atoms with Crippen molar-refractivity contribution in [3.05, 3.63) is 272 Å². The molecule has 6 N–H and O–H groups in total. The number of amides is 12. The van der Waals surface area contributed by atoms with Gasteiger partial charge < -0.3 is 36.1 Å². The molecule has 4 fully saturated rings. The van der Waals surface area contributed by atoms with Crippen molar-refractivity contribution in [3.63, 3.8) is 0 Å². The molecule has 760 valence electrons. The Hall–Kier alpha value is -14.7. The number of aromatic nitrogens is 12. The number of carbonyl (C=O) groups is 12. The summed E-state index contributed by atoms with van der Waals surface area (Å²) in [5.41, 5.74) is 19.3. The number of pyridine rings is 4. The molecule has 12 atom stereocenters. The van der Waals surface area contributed by atoms with E-state index in [1.807, 2.05) is 156 Å². The summed E-state index contributed by atoms with van der Waals surface area (Å²) in [5, 5.41) is 19.1. The standard InChI is InChI=1S/2C27H31ClN6O3.C27H29ClN4O3S.C24H30N8O3/c1-5-18(19-7-6-8-20(28)14-19)15-23(35)34-24(26(37)33(4)27-30-9-10-32(27)3)21(25(34)36)12-17-11-16(2)31-22(29)13-17;1-5-18(19-7-6-8-20(28)15-19)16-23(35)34-24(26(37)33(4)27-31-11-12-32(27)3)21(25(34)36)13-17-9-10-30-22(14-17)29-2;1-4-18(19-7-5-8-20(28)15-19)16-23(33)32-25(27(35)31(3)24-9-6-12-36-24)21(26(32)34)13-17-10-11-30-22(14-17)29-2;1-5-16(18-7-10-29(2)27-18)14-21(33)32-22(24(35)31(4)20-8-11-30(3)28-20)17(23(32)34)12-15-6-9-26-19(25)13-15/h6-11,13-14,18,21,24H,5,12,15H2,1-4H3,(H2,29,31);6-12,14-15,18,21,24H,5,13,16H2,1-4H3,(H,29,30);5-12,14-15,18,21,25H,4,13,16H2,1-3H3,(H,29,30);6-11,13,16-17,22H,5,12,14H2,1-4H3,(H2,25,26)/t2*18-,21+,24-;18-,21+,25-;16-,17+,22-/m0000/s1. The number of carbonyl (C=O) groups excluding carboxylic acids is 12. The predicted octanol–water partition coefficient (Wildman–Crippen LogP) is 13.4. The number of aryl methyl sites for hydroxylation is 5. The largest absolute Gasteiger partial charge is 0.384 e. The number of benzene rings is 3. The number of thiophene rings is 1. The monoisotopic (exact) mass is 2050 g/mol. The van der Waals surface area contributed by atoms with Crippen molar-refractivity contribution < 1.29 is 57.5 Å². The van der Waals surface area contributed by atoms with E-state index in [1.54, 1.807) is 174 Å². The Morgan fingerprint density at radius 3 is 1.10 bits per heavy atom. The van der Waals surface area contributed by atoms with Crippen LogP contribution in [0.3, 0.4) is 0 Å². The molecule has 0 bridgehead atoms. The number of nitrogens with two attached hydrogens (primary N) is 2. The van der Waals surface area contributed by atoms with Crippen molar-refractivity contribution in [1.29, 1.82) is 0 Å². The number of nitrogens with zero attached hydrogens (tertiary/aromatic N) is 20. The molecule has 0 aliphatic carbocycles. The Bertz CT molecular complexity index is 6710. The van der Waals surface area contributed by atoms with Crippen LogP contribution in [0.25, 0.3) is 0 Å². The third-order valence-electron chi connectivity index (χ3n) is 27.0. The van der Waals surface area contributed by atoms with Crippen LogP contribution in [0.1, 0.15) is 153 Å². The molecular formula is C105H121Cl3N24O12S. The number of rotatable bonds is 34. The number of β-lactam (4-membered cyclic amide) rings is 4. The lowest BCUT2D eigenvalue weighted by molar-refractivity contribution is -0.171. The molecule has 36 nitrogen and oxygen atoms in total. The van der Waals surface area contributed by atoms with Gasteiger partial charge in [0.2, 0.25) is 59.2 Å². The van der Waals surface area contributed by atoms with E-state index < -0.39 is 47.8 Å². The first-order chi connectivity index (χ1) is 69.4. The van der Waals surface area contributed by atoms with Crippen LogP contribution >= 0.6 is 46.1 Å².